The van der Waals surface area contributed by atoms with Crippen LogP contribution in [0, 0.1) is 24.4 Å². The van der Waals surface area contributed by atoms with Crippen LogP contribution in [0.1, 0.15) is 48.7 Å². The van der Waals surface area contributed by atoms with E-state index >= 15 is 0 Å². The van der Waals surface area contributed by atoms with Gasteiger partial charge in [0.15, 0.2) is 17.5 Å². The Kier molecular flexibility index (Phi) is 5.11. The van der Waals surface area contributed by atoms with E-state index in [2.05, 4.69) is 4.98 Å². The third kappa shape index (κ3) is 3.77. The van der Waals surface area contributed by atoms with E-state index in [0.29, 0.717) is 17.5 Å². The van der Waals surface area contributed by atoms with E-state index in [0.717, 1.165) is 43.4 Å². The lowest BCUT2D eigenvalue weighted by Gasteiger charge is -2.13. The van der Waals surface area contributed by atoms with Crippen molar-refractivity contribution in [3.8, 4) is 16.9 Å². The maximum atomic E-state index is 14.5. The quantitative estimate of drug-likeness (QED) is 0.515. The molecule has 1 aromatic heterocycles. The summed E-state index contributed by atoms with van der Waals surface area (Å²) < 4.78 is 53.7. The molecule has 1 aliphatic rings. The van der Waals surface area contributed by atoms with Crippen LogP contribution in [0.25, 0.3) is 11.1 Å². The van der Waals surface area contributed by atoms with Crippen LogP contribution in [-0.2, 0) is 6.61 Å². The largest absolute Gasteiger partial charge is 0.483 e. The normalized spacial score (nSPS) is 14.6. The zero-order chi connectivity index (χ0) is 19.7. The summed E-state index contributed by atoms with van der Waals surface area (Å²) in [5.74, 6) is -1.50. The first-order chi connectivity index (χ1) is 13.5. The van der Waals surface area contributed by atoms with Crippen molar-refractivity contribution in [3.05, 3.63) is 71.2 Å². The number of nitrogens with zero attached hydrogens (tertiary/aromatic N) is 1. The van der Waals surface area contributed by atoms with E-state index < -0.39 is 17.5 Å². The number of aromatic nitrogens is 1. The van der Waals surface area contributed by atoms with E-state index in [1.165, 1.54) is 18.4 Å². The predicted molar refractivity (Wildman–Crippen MR) is 98.5 cm³/mol. The summed E-state index contributed by atoms with van der Waals surface area (Å²) in [7, 11) is 0. The Morgan fingerprint density at radius 2 is 1.82 bits per heavy atom. The van der Waals surface area contributed by atoms with E-state index in [4.69, 9.17) is 9.15 Å². The average molecular weight is 387 g/mol. The molecular formula is C22H20F3NO2. The maximum Gasteiger partial charge on any atom is 0.197 e. The third-order valence-corrected chi connectivity index (χ3v) is 5.06. The molecule has 0 amide bonds. The van der Waals surface area contributed by atoms with Crippen LogP contribution in [0.2, 0.25) is 0 Å². The number of aryl methyl sites for hydroxylation is 1. The summed E-state index contributed by atoms with van der Waals surface area (Å²) >= 11 is 0. The molecule has 0 N–H and O–H groups in total. The third-order valence-electron chi connectivity index (χ3n) is 5.06. The minimum atomic E-state index is -0.893. The average Bonchev–Trinajstić information content (AvgIpc) is 3.34. The molecule has 3 aromatic rings. The van der Waals surface area contributed by atoms with E-state index in [-0.39, 0.29) is 23.5 Å². The summed E-state index contributed by atoms with van der Waals surface area (Å²) in [5, 5.41) is 0. The molecule has 0 aliphatic heterocycles. The van der Waals surface area contributed by atoms with Crippen LogP contribution < -0.4 is 4.74 Å². The lowest BCUT2D eigenvalue weighted by molar-refractivity contribution is 0.286. The number of hydrogen-bond acceptors (Lipinski definition) is 3. The summed E-state index contributed by atoms with van der Waals surface area (Å²) in [6, 6.07) is 6.19. The Morgan fingerprint density at radius 1 is 1.04 bits per heavy atom. The second-order valence-corrected chi connectivity index (χ2v) is 7.19. The lowest BCUT2D eigenvalue weighted by Crippen LogP contribution is -2.02. The van der Waals surface area contributed by atoms with Crippen molar-refractivity contribution < 1.29 is 22.3 Å². The van der Waals surface area contributed by atoms with Gasteiger partial charge in [-0.2, -0.15) is 0 Å². The SMILES string of the molecule is Cc1ccc(F)c(-c2cc(F)cc(F)c2OCc2coc(C3CCCC3)n2)c1. The fourth-order valence-electron chi connectivity index (χ4n) is 3.65. The Bertz CT molecular complexity index is 993. The number of ether oxygens (including phenoxy) is 1. The molecule has 0 atom stereocenters. The second kappa shape index (κ2) is 7.70. The molecule has 1 heterocycles. The molecule has 0 bridgehead atoms. The molecule has 28 heavy (non-hydrogen) atoms. The van der Waals surface area contributed by atoms with Crippen molar-refractivity contribution in [1.82, 2.24) is 4.98 Å². The topological polar surface area (TPSA) is 35.3 Å². The minimum Gasteiger partial charge on any atom is -0.483 e. The van der Waals surface area contributed by atoms with E-state index in [1.807, 2.05) is 0 Å². The fourth-order valence-corrected chi connectivity index (χ4v) is 3.65. The highest BCUT2D eigenvalue weighted by atomic mass is 19.1. The Balaban J connectivity index is 1.62. The molecular weight excluding hydrogens is 367 g/mol. The monoisotopic (exact) mass is 387 g/mol. The van der Waals surface area contributed by atoms with Gasteiger partial charge in [0.25, 0.3) is 0 Å². The molecule has 0 spiro atoms. The summed E-state index contributed by atoms with van der Waals surface area (Å²) in [5.41, 5.74) is 1.39. The number of hydrogen-bond donors (Lipinski definition) is 0. The number of halogens is 3. The smallest absolute Gasteiger partial charge is 0.197 e. The van der Waals surface area contributed by atoms with Crippen LogP contribution in [0.3, 0.4) is 0 Å². The van der Waals surface area contributed by atoms with Crippen LogP contribution in [-0.4, -0.2) is 4.98 Å². The zero-order valence-corrected chi connectivity index (χ0v) is 15.5. The van der Waals surface area contributed by atoms with Gasteiger partial charge in [0.2, 0.25) is 0 Å². The number of oxazole rings is 1. The molecule has 0 radical (unpaired) electrons. The van der Waals surface area contributed by atoms with Crippen LogP contribution in [0.5, 0.6) is 5.75 Å². The molecule has 3 nitrogen and oxygen atoms in total. The molecule has 1 aliphatic carbocycles. The minimum absolute atomic E-state index is 0.0261. The van der Waals surface area contributed by atoms with Crippen molar-refractivity contribution >= 4 is 0 Å². The molecule has 6 heteroatoms. The highest BCUT2D eigenvalue weighted by Gasteiger charge is 2.23. The maximum absolute atomic E-state index is 14.5. The van der Waals surface area contributed by atoms with Gasteiger partial charge in [-0.05, 0) is 38.0 Å². The Hall–Kier alpha value is -2.76. The highest BCUT2D eigenvalue weighted by molar-refractivity contribution is 5.72. The highest BCUT2D eigenvalue weighted by Crippen LogP contribution is 2.37. The van der Waals surface area contributed by atoms with Crippen molar-refractivity contribution in [2.24, 2.45) is 0 Å². The van der Waals surface area contributed by atoms with Gasteiger partial charge in [0, 0.05) is 23.1 Å². The first kappa shape index (κ1) is 18.6. The Morgan fingerprint density at radius 3 is 2.61 bits per heavy atom. The van der Waals surface area contributed by atoms with Gasteiger partial charge in [-0.3, -0.25) is 0 Å². The molecule has 2 aromatic carbocycles. The fraction of sp³-hybridized carbons (Fsp3) is 0.318. The van der Waals surface area contributed by atoms with Crippen LogP contribution in [0.4, 0.5) is 13.2 Å². The Labute approximate surface area is 161 Å². The van der Waals surface area contributed by atoms with Gasteiger partial charge in [-0.25, -0.2) is 18.2 Å². The molecule has 0 saturated heterocycles. The zero-order valence-electron chi connectivity index (χ0n) is 15.5. The van der Waals surface area contributed by atoms with Gasteiger partial charge in [0.05, 0.1) is 0 Å². The number of benzene rings is 2. The molecule has 146 valence electrons. The van der Waals surface area contributed by atoms with Crippen molar-refractivity contribution in [2.75, 3.05) is 0 Å². The molecule has 0 unspecified atom stereocenters. The lowest BCUT2D eigenvalue weighted by atomic mass is 10.0. The van der Waals surface area contributed by atoms with Gasteiger partial charge >= 0.3 is 0 Å². The van der Waals surface area contributed by atoms with Crippen molar-refractivity contribution in [2.45, 2.75) is 45.1 Å². The van der Waals surface area contributed by atoms with Gasteiger partial charge in [0.1, 0.15) is 30.2 Å². The first-order valence-corrected chi connectivity index (χ1v) is 9.34. The van der Waals surface area contributed by atoms with Crippen LogP contribution >= 0.6 is 0 Å². The molecule has 1 saturated carbocycles. The van der Waals surface area contributed by atoms with Crippen molar-refractivity contribution in [3.63, 3.8) is 0 Å². The predicted octanol–water partition coefficient (Wildman–Crippen LogP) is 6.30. The van der Waals surface area contributed by atoms with Crippen molar-refractivity contribution in [1.29, 1.82) is 0 Å². The van der Waals surface area contributed by atoms with E-state index in [9.17, 15) is 13.2 Å². The summed E-state index contributed by atoms with van der Waals surface area (Å²) in [6.45, 7) is 1.72. The van der Waals surface area contributed by atoms with Gasteiger partial charge in [-0.15, -0.1) is 0 Å². The standard InChI is InChI=1S/C22H20F3NO2/c1-13-6-7-19(24)17(8-13)18-9-15(23)10-20(25)21(18)27-11-16-12-28-22(26-16)14-4-2-3-5-14/h6-10,12,14H,2-5,11H2,1H3. The molecule has 4 rings (SSSR count). The van der Waals surface area contributed by atoms with E-state index in [1.54, 1.807) is 13.0 Å². The number of rotatable bonds is 5. The first-order valence-electron chi connectivity index (χ1n) is 9.34. The molecule has 1 fully saturated rings. The van der Waals surface area contributed by atoms with Gasteiger partial charge < -0.3 is 9.15 Å². The summed E-state index contributed by atoms with van der Waals surface area (Å²) in [6.07, 6.45) is 5.90. The summed E-state index contributed by atoms with van der Waals surface area (Å²) in [4.78, 5) is 4.43. The van der Waals surface area contributed by atoms with Gasteiger partial charge in [-0.1, -0.05) is 24.5 Å². The van der Waals surface area contributed by atoms with Crippen LogP contribution in [0.15, 0.2) is 41.0 Å². The second-order valence-electron chi connectivity index (χ2n) is 7.19.